The number of nitrogens with zero attached hydrogens (tertiary/aromatic N) is 2. The molecule has 0 N–H and O–H groups in total. The molecule has 1 saturated heterocycles. The summed E-state index contributed by atoms with van der Waals surface area (Å²) in [5.41, 5.74) is 1.15. The van der Waals surface area contributed by atoms with Crippen molar-refractivity contribution in [1.82, 2.24) is 4.90 Å². The number of hydrogen-bond acceptors (Lipinski definition) is 9. The van der Waals surface area contributed by atoms with Crippen molar-refractivity contribution in [3.63, 3.8) is 0 Å². The van der Waals surface area contributed by atoms with E-state index in [2.05, 4.69) is 4.99 Å². The third-order valence-electron chi connectivity index (χ3n) is 7.79. The molecular formula is C34H39FN2O8. The summed E-state index contributed by atoms with van der Waals surface area (Å²) >= 11 is 0. The van der Waals surface area contributed by atoms with E-state index in [0.29, 0.717) is 64.7 Å². The van der Waals surface area contributed by atoms with Crippen LogP contribution in [-0.2, 0) is 0 Å². The van der Waals surface area contributed by atoms with Gasteiger partial charge in [0.05, 0.1) is 58.9 Å². The first kappa shape index (κ1) is 31.7. The Morgan fingerprint density at radius 1 is 0.778 bits per heavy atom. The number of aliphatic imine (C=N–C) groups is 1. The van der Waals surface area contributed by atoms with Crippen molar-refractivity contribution in [2.45, 2.75) is 44.6 Å². The van der Waals surface area contributed by atoms with E-state index >= 15 is 0 Å². The number of carbonyl (C=O) groups excluding carboxylic acids is 1. The Balaban J connectivity index is 1.07. The number of rotatable bonds is 15. The van der Waals surface area contributed by atoms with Gasteiger partial charge in [-0.3, -0.25) is 9.79 Å². The summed E-state index contributed by atoms with van der Waals surface area (Å²) in [7, 11) is 6.07. The number of carbonyl (C=O) groups is 1. The fraction of sp³-hybridized carbons (Fsp3) is 0.412. The molecule has 1 atom stereocenters. The molecule has 5 rings (SSSR count). The quantitative estimate of drug-likeness (QED) is 0.167. The smallest absolute Gasteiger partial charge is 0.256 e. The standard InChI is InChI=1S/C34H39FN2O8/c1-39-29-19-25-27(36-21-22-10-9-13-37(22)34(25)38)20-30(29)44-15-8-6-5-7-14-43-23-11-12-26(35)28(16-23)45-24-17-31(40-2)33(42-4)32(18-24)41-3/h11-12,16-22H,5-10,13-15H2,1-4H3/t22-/m0/s1. The van der Waals surface area contributed by atoms with Crippen molar-refractivity contribution < 1.29 is 42.3 Å². The van der Waals surface area contributed by atoms with Gasteiger partial charge in [-0.15, -0.1) is 0 Å². The van der Waals surface area contributed by atoms with Crippen molar-refractivity contribution >= 4 is 17.8 Å². The van der Waals surface area contributed by atoms with Gasteiger partial charge in [0.15, 0.2) is 34.6 Å². The van der Waals surface area contributed by atoms with E-state index in [1.807, 2.05) is 11.1 Å². The predicted molar refractivity (Wildman–Crippen MR) is 167 cm³/mol. The second-order valence-corrected chi connectivity index (χ2v) is 10.7. The molecule has 0 bridgehead atoms. The van der Waals surface area contributed by atoms with Crippen molar-refractivity contribution in [2.24, 2.45) is 4.99 Å². The maximum atomic E-state index is 14.6. The molecule has 1 fully saturated rings. The molecule has 0 unspecified atom stereocenters. The first-order valence-electron chi connectivity index (χ1n) is 15.1. The van der Waals surface area contributed by atoms with Gasteiger partial charge in [0.1, 0.15) is 11.5 Å². The lowest BCUT2D eigenvalue weighted by Gasteiger charge is -2.20. The van der Waals surface area contributed by atoms with Gasteiger partial charge in [-0.25, -0.2) is 4.39 Å². The Labute approximate surface area is 262 Å². The zero-order valence-electron chi connectivity index (χ0n) is 26.1. The first-order valence-corrected chi connectivity index (χ1v) is 15.1. The van der Waals surface area contributed by atoms with Crippen LogP contribution in [0.25, 0.3) is 0 Å². The van der Waals surface area contributed by atoms with Crippen LogP contribution in [0.3, 0.4) is 0 Å². The lowest BCUT2D eigenvalue weighted by Crippen LogP contribution is -2.35. The molecule has 0 aromatic heterocycles. The van der Waals surface area contributed by atoms with Gasteiger partial charge < -0.3 is 38.1 Å². The second-order valence-electron chi connectivity index (χ2n) is 10.7. The minimum Gasteiger partial charge on any atom is -0.493 e. The van der Waals surface area contributed by atoms with Crippen LogP contribution in [0.15, 0.2) is 47.5 Å². The normalized spacial score (nSPS) is 15.2. The van der Waals surface area contributed by atoms with E-state index in [9.17, 15) is 9.18 Å². The van der Waals surface area contributed by atoms with Gasteiger partial charge in [0.2, 0.25) is 5.75 Å². The van der Waals surface area contributed by atoms with E-state index in [0.717, 1.165) is 45.1 Å². The summed E-state index contributed by atoms with van der Waals surface area (Å²) in [4.78, 5) is 19.5. The average molecular weight is 623 g/mol. The lowest BCUT2D eigenvalue weighted by atomic mass is 10.1. The highest BCUT2D eigenvalue weighted by Gasteiger charge is 2.32. The molecule has 45 heavy (non-hydrogen) atoms. The maximum Gasteiger partial charge on any atom is 0.256 e. The highest BCUT2D eigenvalue weighted by Crippen LogP contribution is 2.42. The van der Waals surface area contributed by atoms with Gasteiger partial charge in [-0.2, -0.15) is 0 Å². The van der Waals surface area contributed by atoms with Crippen molar-refractivity contribution in [2.75, 3.05) is 48.2 Å². The zero-order chi connectivity index (χ0) is 31.8. The highest BCUT2D eigenvalue weighted by atomic mass is 19.1. The van der Waals surface area contributed by atoms with Crippen LogP contribution in [0.5, 0.6) is 46.0 Å². The van der Waals surface area contributed by atoms with Crippen molar-refractivity contribution in [3.05, 3.63) is 53.8 Å². The van der Waals surface area contributed by atoms with E-state index in [4.69, 9.17) is 33.2 Å². The molecule has 0 spiro atoms. The minimum absolute atomic E-state index is 0.0139. The van der Waals surface area contributed by atoms with Crippen molar-refractivity contribution in [1.29, 1.82) is 0 Å². The van der Waals surface area contributed by atoms with Crippen LogP contribution in [0, 0.1) is 5.82 Å². The number of amides is 1. The first-order chi connectivity index (χ1) is 21.9. The summed E-state index contributed by atoms with van der Waals surface area (Å²) in [5, 5.41) is 0. The number of unbranched alkanes of at least 4 members (excludes halogenated alkanes) is 3. The zero-order valence-corrected chi connectivity index (χ0v) is 26.1. The maximum absolute atomic E-state index is 14.6. The largest absolute Gasteiger partial charge is 0.493 e. The van der Waals surface area contributed by atoms with Crippen LogP contribution >= 0.6 is 0 Å². The molecule has 2 aliphatic heterocycles. The molecule has 11 heteroatoms. The molecular weight excluding hydrogens is 583 g/mol. The molecule has 10 nitrogen and oxygen atoms in total. The number of benzene rings is 3. The minimum atomic E-state index is -0.527. The second kappa shape index (κ2) is 14.9. The molecule has 0 radical (unpaired) electrons. The van der Waals surface area contributed by atoms with Gasteiger partial charge in [0, 0.05) is 37.0 Å². The Morgan fingerprint density at radius 2 is 1.47 bits per heavy atom. The van der Waals surface area contributed by atoms with Gasteiger partial charge in [-0.1, -0.05) is 0 Å². The molecule has 1 amide bonds. The van der Waals surface area contributed by atoms with E-state index in [1.54, 1.807) is 37.4 Å². The van der Waals surface area contributed by atoms with Crippen LogP contribution in [-0.4, -0.2) is 71.3 Å². The molecule has 2 heterocycles. The van der Waals surface area contributed by atoms with Gasteiger partial charge >= 0.3 is 0 Å². The van der Waals surface area contributed by atoms with E-state index in [1.165, 1.54) is 33.5 Å². The number of ether oxygens (including phenoxy) is 7. The monoisotopic (exact) mass is 622 g/mol. The summed E-state index contributed by atoms with van der Waals surface area (Å²) < 4.78 is 53.8. The van der Waals surface area contributed by atoms with Crippen LogP contribution < -0.4 is 33.2 Å². The third-order valence-corrected chi connectivity index (χ3v) is 7.79. The Hall–Kier alpha value is -4.67. The summed E-state index contributed by atoms with van der Waals surface area (Å²) in [5.74, 6) is 2.61. The number of hydrogen-bond donors (Lipinski definition) is 0. The fourth-order valence-electron chi connectivity index (χ4n) is 5.44. The summed E-state index contributed by atoms with van der Waals surface area (Å²) in [6.45, 7) is 1.72. The predicted octanol–water partition coefficient (Wildman–Crippen LogP) is 6.99. The molecule has 0 saturated carbocycles. The molecule has 2 aliphatic rings. The number of halogens is 1. The molecule has 3 aromatic carbocycles. The van der Waals surface area contributed by atoms with Crippen LogP contribution in [0.4, 0.5) is 10.1 Å². The summed E-state index contributed by atoms with van der Waals surface area (Å²) in [6, 6.07) is 11.2. The number of methoxy groups -OCH3 is 4. The molecule has 0 aliphatic carbocycles. The SMILES string of the molecule is COc1cc2c(cc1OCCCCCCOc1ccc(F)c(Oc3cc(OC)c(OC)c(OC)c3)c1)N=C[C@@H]1CCCN1C2=O. The Bertz CT molecular complexity index is 1500. The molecule has 3 aromatic rings. The fourth-order valence-corrected chi connectivity index (χ4v) is 5.44. The van der Waals surface area contributed by atoms with Crippen LogP contribution in [0.1, 0.15) is 48.9 Å². The number of fused-ring (bicyclic) bond motifs is 2. The van der Waals surface area contributed by atoms with Gasteiger partial charge in [-0.05, 0) is 56.7 Å². The Morgan fingerprint density at radius 3 is 2.16 bits per heavy atom. The summed E-state index contributed by atoms with van der Waals surface area (Å²) in [6.07, 6.45) is 7.30. The van der Waals surface area contributed by atoms with Crippen LogP contribution in [0.2, 0.25) is 0 Å². The third kappa shape index (κ3) is 7.35. The highest BCUT2D eigenvalue weighted by molar-refractivity contribution is 6.03. The lowest BCUT2D eigenvalue weighted by molar-refractivity contribution is 0.0774. The van der Waals surface area contributed by atoms with Gasteiger partial charge in [0.25, 0.3) is 5.91 Å². The van der Waals surface area contributed by atoms with Crippen molar-refractivity contribution in [3.8, 4) is 46.0 Å². The molecule has 240 valence electrons. The topological polar surface area (TPSA) is 97.3 Å². The average Bonchev–Trinajstić information content (AvgIpc) is 3.49. The van der Waals surface area contributed by atoms with E-state index in [-0.39, 0.29) is 17.7 Å². The van der Waals surface area contributed by atoms with E-state index < -0.39 is 5.82 Å². The Kier molecular flexibility index (Phi) is 10.5.